The molecule has 1 aliphatic heterocycles. The second-order valence-corrected chi connectivity index (χ2v) is 6.98. The van der Waals surface area contributed by atoms with Gasteiger partial charge in [0.15, 0.2) is 0 Å². The molecule has 0 radical (unpaired) electrons. The second kappa shape index (κ2) is 7.52. The molecular formula is C20H21F3N4O. The topological polar surface area (TPSA) is 43.2 Å². The largest absolute Gasteiger partial charge is 0.451 e. The summed E-state index contributed by atoms with van der Waals surface area (Å²) in [5.74, 6) is -1.05. The summed E-state index contributed by atoms with van der Waals surface area (Å²) in [5.41, 5.74) is 3.62. The number of hydrogen-bond acceptors (Lipinski definition) is 4. The van der Waals surface area contributed by atoms with Crippen molar-refractivity contribution in [1.82, 2.24) is 19.4 Å². The lowest BCUT2D eigenvalue weighted by Crippen LogP contribution is -2.31. The zero-order chi connectivity index (χ0) is 19.7. The van der Waals surface area contributed by atoms with Gasteiger partial charge in [-0.05, 0) is 11.6 Å². The van der Waals surface area contributed by atoms with Crippen LogP contribution in [-0.2, 0) is 37.0 Å². The van der Waals surface area contributed by atoms with Crippen LogP contribution in [0, 0.1) is 0 Å². The Morgan fingerprint density at radius 3 is 2.82 bits per heavy atom. The molecule has 0 fully saturated rings. The minimum Gasteiger partial charge on any atom is -0.383 e. The Labute approximate surface area is 160 Å². The van der Waals surface area contributed by atoms with Crippen LogP contribution in [0.15, 0.2) is 36.7 Å². The molecule has 5 nitrogen and oxygen atoms in total. The fourth-order valence-corrected chi connectivity index (χ4v) is 3.71. The molecule has 0 aliphatic carbocycles. The first-order valence-electron chi connectivity index (χ1n) is 9.15. The monoisotopic (exact) mass is 390 g/mol. The highest BCUT2D eigenvalue weighted by atomic mass is 19.4. The predicted molar refractivity (Wildman–Crippen MR) is 98.7 cm³/mol. The Bertz CT molecular complexity index is 983. The van der Waals surface area contributed by atoms with Crippen molar-refractivity contribution < 1.29 is 17.9 Å². The zero-order valence-corrected chi connectivity index (χ0v) is 15.5. The zero-order valence-electron chi connectivity index (χ0n) is 15.5. The molecule has 0 saturated heterocycles. The van der Waals surface area contributed by atoms with Gasteiger partial charge in [-0.25, -0.2) is 9.97 Å². The van der Waals surface area contributed by atoms with Gasteiger partial charge in [-0.1, -0.05) is 18.2 Å². The van der Waals surface area contributed by atoms with Gasteiger partial charge in [0.2, 0.25) is 5.82 Å². The molecule has 1 aliphatic rings. The first-order chi connectivity index (χ1) is 13.5. The van der Waals surface area contributed by atoms with Crippen molar-refractivity contribution in [1.29, 1.82) is 0 Å². The third kappa shape index (κ3) is 3.74. The first-order valence-corrected chi connectivity index (χ1v) is 9.15. The molecule has 8 heteroatoms. The van der Waals surface area contributed by atoms with E-state index in [0.29, 0.717) is 31.8 Å². The van der Waals surface area contributed by atoms with Gasteiger partial charge in [-0.3, -0.25) is 4.90 Å². The maximum atomic E-state index is 12.8. The fraction of sp³-hybridized carbons (Fsp3) is 0.400. The molecule has 4 rings (SSSR count). The molecule has 0 saturated carbocycles. The van der Waals surface area contributed by atoms with E-state index >= 15 is 0 Å². The van der Waals surface area contributed by atoms with Crippen LogP contribution in [0.3, 0.4) is 0 Å². The number of rotatable bonds is 5. The summed E-state index contributed by atoms with van der Waals surface area (Å²) in [4.78, 5) is 9.47. The molecule has 2 aromatic heterocycles. The van der Waals surface area contributed by atoms with Crippen molar-refractivity contribution in [2.45, 2.75) is 32.2 Å². The third-order valence-electron chi connectivity index (χ3n) is 5.07. The SMILES string of the molecule is COCCn1cc(CN2CCc3nc(C(F)(F)F)ncc3C2)c2ccccc21. The molecule has 0 bridgehead atoms. The molecule has 3 heterocycles. The smallest absolute Gasteiger partial charge is 0.383 e. The molecule has 3 aromatic rings. The van der Waals surface area contributed by atoms with Gasteiger partial charge in [0.05, 0.1) is 12.3 Å². The van der Waals surface area contributed by atoms with Gasteiger partial charge in [0.1, 0.15) is 0 Å². The standard InChI is InChI=1S/C20H21F3N4O/c1-28-9-8-27-13-15(16-4-2-3-5-18(16)27)12-26-7-6-17-14(11-26)10-24-19(25-17)20(21,22)23/h2-5,10,13H,6-9,11-12H2,1H3. The number of hydrogen-bond donors (Lipinski definition) is 0. The van der Waals surface area contributed by atoms with Crippen molar-refractivity contribution in [3.63, 3.8) is 0 Å². The highest BCUT2D eigenvalue weighted by molar-refractivity contribution is 5.83. The van der Waals surface area contributed by atoms with E-state index < -0.39 is 12.0 Å². The Kier molecular flexibility index (Phi) is 5.07. The van der Waals surface area contributed by atoms with Crippen LogP contribution in [0.5, 0.6) is 0 Å². The normalized spacial score (nSPS) is 15.1. The fourth-order valence-electron chi connectivity index (χ4n) is 3.71. The van der Waals surface area contributed by atoms with Crippen molar-refractivity contribution in [2.75, 3.05) is 20.3 Å². The van der Waals surface area contributed by atoms with E-state index in [0.717, 1.165) is 24.2 Å². The van der Waals surface area contributed by atoms with Gasteiger partial charge >= 0.3 is 6.18 Å². The van der Waals surface area contributed by atoms with E-state index in [1.54, 1.807) is 7.11 Å². The van der Waals surface area contributed by atoms with Crippen molar-refractivity contribution in [3.05, 3.63) is 59.3 Å². The summed E-state index contributed by atoms with van der Waals surface area (Å²) in [6, 6.07) is 8.23. The van der Waals surface area contributed by atoms with Gasteiger partial charge in [-0.2, -0.15) is 13.2 Å². The highest BCUT2D eigenvalue weighted by Gasteiger charge is 2.35. The lowest BCUT2D eigenvalue weighted by Gasteiger charge is -2.28. The van der Waals surface area contributed by atoms with Crippen LogP contribution in [0.1, 0.15) is 22.6 Å². The summed E-state index contributed by atoms with van der Waals surface area (Å²) >= 11 is 0. The number of alkyl halides is 3. The molecule has 0 N–H and O–H groups in total. The number of ether oxygens (including phenoxy) is 1. The van der Waals surface area contributed by atoms with Crippen LogP contribution in [0.25, 0.3) is 10.9 Å². The summed E-state index contributed by atoms with van der Waals surface area (Å²) in [6.45, 7) is 3.34. The predicted octanol–water partition coefficient (Wildman–Crippen LogP) is 3.65. The van der Waals surface area contributed by atoms with Crippen LogP contribution >= 0.6 is 0 Å². The number of nitrogens with zero attached hydrogens (tertiary/aromatic N) is 4. The average molecular weight is 390 g/mol. The average Bonchev–Trinajstić information content (AvgIpc) is 3.03. The molecule has 148 valence electrons. The van der Waals surface area contributed by atoms with Gasteiger partial charge in [-0.15, -0.1) is 0 Å². The number of benzene rings is 1. The quantitative estimate of drug-likeness (QED) is 0.667. The number of halogens is 3. The minimum absolute atomic E-state index is 0.489. The lowest BCUT2D eigenvalue weighted by molar-refractivity contribution is -0.145. The van der Waals surface area contributed by atoms with E-state index in [4.69, 9.17) is 4.74 Å². The third-order valence-corrected chi connectivity index (χ3v) is 5.07. The van der Waals surface area contributed by atoms with Gasteiger partial charge in [0.25, 0.3) is 0 Å². The number of aromatic nitrogens is 3. The highest BCUT2D eigenvalue weighted by Crippen LogP contribution is 2.29. The first kappa shape index (κ1) is 18.9. The molecule has 0 unspecified atom stereocenters. The Morgan fingerprint density at radius 2 is 2.04 bits per heavy atom. The van der Waals surface area contributed by atoms with Gasteiger partial charge < -0.3 is 9.30 Å². The van der Waals surface area contributed by atoms with E-state index in [-0.39, 0.29) is 0 Å². The van der Waals surface area contributed by atoms with Crippen molar-refractivity contribution in [3.8, 4) is 0 Å². The Balaban J connectivity index is 1.55. The minimum atomic E-state index is -4.50. The Hall–Kier alpha value is -2.45. The van der Waals surface area contributed by atoms with E-state index in [1.807, 2.05) is 12.1 Å². The molecule has 0 atom stereocenters. The lowest BCUT2D eigenvalue weighted by atomic mass is 10.1. The maximum Gasteiger partial charge on any atom is 0.451 e. The molecule has 1 aromatic carbocycles. The summed E-state index contributed by atoms with van der Waals surface area (Å²) in [7, 11) is 1.68. The van der Waals surface area contributed by atoms with Crippen LogP contribution in [0.4, 0.5) is 13.2 Å². The summed E-state index contributed by atoms with van der Waals surface area (Å²) < 4.78 is 45.8. The Morgan fingerprint density at radius 1 is 1.21 bits per heavy atom. The number of para-hydroxylation sites is 1. The summed E-state index contributed by atoms with van der Waals surface area (Å²) in [6.07, 6.45) is -0.554. The van der Waals surface area contributed by atoms with E-state index in [2.05, 4.69) is 37.8 Å². The molecule has 0 spiro atoms. The van der Waals surface area contributed by atoms with Crippen molar-refractivity contribution in [2.24, 2.45) is 0 Å². The molecule has 28 heavy (non-hydrogen) atoms. The van der Waals surface area contributed by atoms with Crippen LogP contribution < -0.4 is 0 Å². The maximum absolute atomic E-state index is 12.8. The number of methoxy groups -OCH3 is 1. The van der Waals surface area contributed by atoms with Gasteiger partial charge in [0, 0.05) is 68.6 Å². The number of fused-ring (bicyclic) bond motifs is 2. The second-order valence-electron chi connectivity index (χ2n) is 6.98. The van der Waals surface area contributed by atoms with Crippen molar-refractivity contribution >= 4 is 10.9 Å². The van der Waals surface area contributed by atoms with Crippen LogP contribution in [0.2, 0.25) is 0 Å². The molecule has 0 amide bonds. The molecular weight excluding hydrogens is 369 g/mol. The van der Waals surface area contributed by atoms with Crippen LogP contribution in [-0.4, -0.2) is 39.7 Å². The summed E-state index contributed by atoms with van der Waals surface area (Å²) in [5, 5.41) is 1.19. The van der Waals surface area contributed by atoms with E-state index in [9.17, 15) is 13.2 Å². The van der Waals surface area contributed by atoms with E-state index in [1.165, 1.54) is 17.1 Å².